The normalized spacial score (nSPS) is 23.5. The molecular formula is C19H28N6. The van der Waals surface area contributed by atoms with Gasteiger partial charge in [0, 0.05) is 30.4 Å². The molecule has 2 aromatic rings. The number of aromatic nitrogens is 5. The maximum Gasteiger partial charge on any atom is 0.155 e. The molecule has 6 nitrogen and oxygen atoms in total. The van der Waals surface area contributed by atoms with E-state index >= 15 is 0 Å². The van der Waals surface area contributed by atoms with E-state index < -0.39 is 0 Å². The summed E-state index contributed by atoms with van der Waals surface area (Å²) in [4.78, 5) is 2.74. The van der Waals surface area contributed by atoms with Crippen LogP contribution in [0.1, 0.15) is 75.0 Å². The first-order valence-electron chi connectivity index (χ1n) is 10.0. The summed E-state index contributed by atoms with van der Waals surface area (Å²) in [7, 11) is 0. The van der Waals surface area contributed by atoms with E-state index in [0.29, 0.717) is 12.0 Å². The SMILES string of the molecule is c1cnn(Cc2nnc(C3CCN(C4CCCC4)CC3)n2C2CC2)c1. The van der Waals surface area contributed by atoms with Crippen LogP contribution in [0, 0.1) is 0 Å². The Morgan fingerprint density at radius 2 is 1.72 bits per heavy atom. The average Bonchev–Trinajstić information content (AvgIpc) is 3.09. The molecule has 25 heavy (non-hydrogen) atoms. The van der Waals surface area contributed by atoms with E-state index in [-0.39, 0.29) is 0 Å². The van der Waals surface area contributed by atoms with E-state index in [0.717, 1.165) is 18.4 Å². The van der Waals surface area contributed by atoms with E-state index in [4.69, 9.17) is 0 Å². The third-order valence-electron chi connectivity index (χ3n) is 6.30. The molecule has 0 aromatic carbocycles. The van der Waals surface area contributed by atoms with Gasteiger partial charge in [-0.2, -0.15) is 5.10 Å². The molecular weight excluding hydrogens is 312 g/mol. The minimum atomic E-state index is 0.581. The highest BCUT2D eigenvalue weighted by molar-refractivity contribution is 5.09. The second-order valence-corrected chi connectivity index (χ2v) is 8.03. The lowest BCUT2D eigenvalue weighted by Crippen LogP contribution is -2.40. The number of nitrogens with zero attached hydrogens (tertiary/aromatic N) is 6. The van der Waals surface area contributed by atoms with Crippen molar-refractivity contribution in [2.75, 3.05) is 13.1 Å². The summed E-state index contributed by atoms with van der Waals surface area (Å²) >= 11 is 0. The Balaban J connectivity index is 1.31. The van der Waals surface area contributed by atoms with E-state index in [1.54, 1.807) is 0 Å². The second-order valence-electron chi connectivity index (χ2n) is 8.03. The second kappa shape index (κ2) is 6.56. The molecule has 2 aromatic heterocycles. The summed E-state index contributed by atoms with van der Waals surface area (Å²) < 4.78 is 4.41. The van der Waals surface area contributed by atoms with Crippen molar-refractivity contribution in [2.24, 2.45) is 0 Å². The Bertz CT molecular complexity index is 688. The van der Waals surface area contributed by atoms with Gasteiger partial charge < -0.3 is 9.47 Å². The maximum atomic E-state index is 4.66. The van der Waals surface area contributed by atoms with Crippen molar-refractivity contribution in [3.05, 3.63) is 30.1 Å². The summed E-state index contributed by atoms with van der Waals surface area (Å²) in [5.74, 6) is 2.91. The molecule has 134 valence electrons. The number of likely N-dealkylation sites (tertiary alicyclic amines) is 1. The predicted octanol–water partition coefficient (Wildman–Crippen LogP) is 2.98. The molecule has 3 heterocycles. The fraction of sp³-hybridized carbons (Fsp3) is 0.737. The van der Waals surface area contributed by atoms with Gasteiger partial charge in [0.1, 0.15) is 12.4 Å². The minimum absolute atomic E-state index is 0.581. The fourth-order valence-electron chi connectivity index (χ4n) is 4.79. The summed E-state index contributed by atoms with van der Waals surface area (Å²) in [5, 5.41) is 13.6. The first kappa shape index (κ1) is 15.6. The largest absolute Gasteiger partial charge is 0.310 e. The van der Waals surface area contributed by atoms with Gasteiger partial charge >= 0.3 is 0 Å². The van der Waals surface area contributed by atoms with Crippen LogP contribution in [0.2, 0.25) is 0 Å². The molecule has 2 aliphatic carbocycles. The zero-order valence-electron chi connectivity index (χ0n) is 14.9. The van der Waals surface area contributed by atoms with Crippen molar-refractivity contribution in [3.63, 3.8) is 0 Å². The molecule has 6 heteroatoms. The monoisotopic (exact) mass is 340 g/mol. The Hall–Kier alpha value is -1.69. The summed E-state index contributed by atoms with van der Waals surface area (Å²) in [6, 6.07) is 3.46. The zero-order valence-corrected chi connectivity index (χ0v) is 14.9. The zero-order chi connectivity index (χ0) is 16.6. The summed E-state index contributed by atoms with van der Waals surface area (Å²) in [6.45, 7) is 3.21. The van der Waals surface area contributed by atoms with Crippen LogP contribution in [0.25, 0.3) is 0 Å². The van der Waals surface area contributed by atoms with Crippen molar-refractivity contribution < 1.29 is 0 Å². The molecule has 0 N–H and O–H groups in total. The summed E-state index contributed by atoms with van der Waals surface area (Å²) in [5.41, 5.74) is 0. The highest BCUT2D eigenvalue weighted by atomic mass is 15.3. The first-order chi connectivity index (χ1) is 12.4. The maximum absolute atomic E-state index is 4.66. The van der Waals surface area contributed by atoms with Crippen LogP contribution < -0.4 is 0 Å². The molecule has 5 rings (SSSR count). The van der Waals surface area contributed by atoms with Gasteiger partial charge in [-0.15, -0.1) is 10.2 Å². The van der Waals surface area contributed by atoms with Crippen LogP contribution in [-0.4, -0.2) is 48.6 Å². The molecule has 0 radical (unpaired) electrons. The molecule has 0 amide bonds. The first-order valence-corrected chi connectivity index (χ1v) is 10.0. The molecule has 1 aliphatic heterocycles. The molecule has 3 fully saturated rings. The van der Waals surface area contributed by atoms with Gasteiger partial charge in [0.2, 0.25) is 0 Å². The van der Waals surface area contributed by atoms with Gasteiger partial charge in [-0.3, -0.25) is 4.68 Å². The van der Waals surface area contributed by atoms with Crippen molar-refractivity contribution in [3.8, 4) is 0 Å². The smallest absolute Gasteiger partial charge is 0.155 e. The van der Waals surface area contributed by atoms with Crippen molar-refractivity contribution >= 4 is 0 Å². The lowest BCUT2D eigenvalue weighted by molar-refractivity contribution is 0.151. The third-order valence-corrected chi connectivity index (χ3v) is 6.30. The quantitative estimate of drug-likeness (QED) is 0.840. The van der Waals surface area contributed by atoms with Gasteiger partial charge in [-0.25, -0.2) is 0 Å². The van der Waals surface area contributed by atoms with Gasteiger partial charge in [-0.05, 0) is 57.7 Å². The van der Waals surface area contributed by atoms with Gasteiger partial charge in [0.05, 0.1) is 0 Å². The minimum Gasteiger partial charge on any atom is -0.310 e. The summed E-state index contributed by atoms with van der Waals surface area (Å²) in [6.07, 6.45) is 14.5. The van der Waals surface area contributed by atoms with Crippen molar-refractivity contribution in [1.29, 1.82) is 0 Å². The van der Waals surface area contributed by atoms with E-state index in [1.807, 2.05) is 23.1 Å². The molecule has 0 unspecified atom stereocenters. The molecule has 0 bridgehead atoms. The van der Waals surface area contributed by atoms with Crippen LogP contribution in [-0.2, 0) is 6.54 Å². The number of hydrogen-bond acceptors (Lipinski definition) is 4. The predicted molar refractivity (Wildman–Crippen MR) is 95.4 cm³/mol. The number of rotatable bonds is 5. The molecule has 2 saturated carbocycles. The highest BCUT2D eigenvalue weighted by Crippen LogP contribution is 2.40. The third kappa shape index (κ3) is 3.12. The van der Waals surface area contributed by atoms with Gasteiger partial charge in [0.25, 0.3) is 0 Å². The van der Waals surface area contributed by atoms with E-state index in [9.17, 15) is 0 Å². The van der Waals surface area contributed by atoms with Crippen molar-refractivity contribution in [2.45, 2.75) is 75.9 Å². The Kier molecular flexibility index (Phi) is 4.08. The van der Waals surface area contributed by atoms with Crippen LogP contribution in [0.15, 0.2) is 18.5 Å². The van der Waals surface area contributed by atoms with Gasteiger partial charge in [-0.1, -0.05) is 12.8 Å². The molecule has 0 spiro atoms. The van der Waals surface area contributed by atoms with Gasteiger partial charge in [0.15, 0.2) is 5.82 Å². The molecule has 0 atom stereocenters. The number of hydrogen-bond donors (Lipinski definition) is 0. The topological polar surface area (TPSA) is 51.8 Å². The van der Waals surface area contributed by atoms with Crippen LogP contribution in [0.5, 0.6) is 0 Å². The Morgan fingerprint density at radius 1 is 0.920 bits per heavy atom. The molecule has 3 aliphatic rings. The standard InChI is InChI=1S/C19H28N6/c1-2-5-16(4-1)23-12-8-15(9-13-23)19-22-21-18(25(19)17-6-7-17)14-24-11-3-10-20-24/h3,10-11,15-17H,1-2,4-9,12-14H2. The van der Waals surface area contributed by atoms with Crippen LogP contribution in [0.4, 0.5) is 0 Å². The van der Waals surface area contributed by atoms with E-state index in [1.165, 1.54) is 70.3 Å². The van der Waals surface area contributed by atoms with E-state index in [2.05, 4.69) is 24.8 Å². The Labute approximate surface area is 149 Å². The van der Waals surface area contributed by atoms with Crippen LogP contribution in [0.3, 0.4) is 0 Å². The van der Waals surface area contributed by atoms with Crippen LogP contribution >= 0.6 is 0 Å². The fourth-order valence-corrected chi connectivity index (χ4v) is 4.79. The van der Waals surface area contributed by atoms with Crippen molar-refractivity contribution in [1.82, 2.24) is 29.4 Å². The molecule has 1 saturated heterocycles. The number of piperidine rings is 1. The average molecular weight is 340 g/mol. The highest BCUT2D eigenvalue weighted by Gasteiger charge is 2.34. The Morgan fingerprint density at radius 3 is 2.40 bits per heavy atom. The lowest BCUT2D eigenvalue weighted by Gasteiger charge is -2.35. The lowest BCUT2D eigenvalue weighted by atomic mass is 9.94.